The molecule has 1 N–H and O–H groups in total. The predicted molar refractivity (Wildman–Crippen MR) is 88.6 cm³/mol. The molecule has 1 atom stereocenters. The number of benzene rings is 2. The normalized spacial score (nSPS) is 12.7. The van der Waals surface area contributed by atoms with Gasteiger partial charge in [-0.15, -0.1) is 5.10 Å². The summed E-state index contributed by atoms with van der Waals surface area (Å²) in [6.07, 6.45) is -5.05. The van der Waals surface area contributed by atoms with Gasteiger partial charge in [0, 0.05) is 11.6 Å². The number of alkyl halides is 3. The second-order valence-electron chi connectivity index (χ2n) is 6.04. The van der Waals surface area contributed by atoms with Gasteiger partial charge in [0.05, 0.1) is 11.7 Å². The van der Waals surface area contributed by atoms with Crippen LogP contribution in [0.2, 0.25) is 0 Å². The van der Waals surface area contributed by atoms with E-state index < -0.39 is 47.0 Å². The van der Waals surface area contributed by atoms with E-state index in [9.17, 15) is 31.1 Å². The maximum atomic E-state index is 13.8. The lowest BCUT2D eigenvalue weighted by molar-refractivity contribution is -0.143. The fraction of sp³-hybridized carbons (Fsp3) is 0.167. The minimum atomic E-state index is -5.05. The first-order valence-electron chi connectivity index (χ1n) is 8.12. The van der Waals surface area contributed by atoms with E-state index in [4.69, 9.17) is 0 Å². The summed E-state index contributed by atoms with van der Waals surface area (Å²) >= 11 is 0. The quantitative estimate of drug-likeness (QED) is 0.652. The van der Waals surface area contributed by atoms with Crippen molar-refractivity contribution in [3.63, 3.8) is 0 Å². The zero-order chi connectivity index (χ0) is 21.3. The summed E-state index contributed by atoms with van der Waals surface area (Å²) in [5.74, 6) is -3.91. The number of aromatic nitrogens is 3. The number of hydrogen-bond donors (Lipinski definition) is 1. The van der Waals surface area contributed by atoms with E-state index in [1.165, 1.54) is 13.0 Å². The first-order valence-corrected chi connectivity index (χ1v) is 8.12. The Morgan fingerprint density at radius 3 is 2.38 bits per heavy atom. The molecule has 1 amide bonds. The van der Waals surface area contributed by atoms with Gasteiger partial charge >= 0.3 is 6.18 Å². The lowest BCUT2D eigenvalue weighted by Gasteiger charge is -2.16. The van der Waals surface area contributed by atoms with Crippen molar-refractivity contribution in [2.75, 3.05) is 0 Å². The Balaban J connectivity index is 1.97. The average molecular weight is 414 g/mol. The van der Waals surface area contributed by atoms with E-state index in [0.717, 1.165) is 30.3 Å². The summed E-state index contributed by atoms with van der Waals surface area (Å²) in [5.41, 5.74) is -3.02. The van der Waals surface area contributed by atoms with Gasteiger partial charge in [0.25, 0.3) is 5.91 Å². The van der Waals surface area contributed by atoms with E-state index in [1.807, 2.05) is 0 Å². The SMILES string of the molecule is CC(NC(=O)c1nnn(-c2cccc(F)c2)c1C(F)(F)F)c1ccc(F)cc1F. The molecule has 0 radical (unpaired) electrons. The molecule has 0 aliphatic rings. The zero-order valence-corrected chi connectivity index (χ0v) is 14.6. The number of hydrogen-bond acceptors (Lipinski definition) is 3. The van der Waals surface area contributed by atoms with Gasteiger partial charge in [0.15, 0.2) is 11.4 Å². The van der Waals surface area contributed by atoms with Crippen LogP contribution in [0.4, 0.5) is 26.3 Å². The van der Waals surface area contributed by atoms with Crippen LogP contribution in [0.1, 0.15) is 34.7 Å². The number of nitrogens with zero attached hydrogens (tertiary/aromatic N) is 3. The maximum Gasteiger partial charge on any atom is 0.435 e. The van der Waals surface area contributed by atoms with Gasteiger partial charge < -0.3 is 5.32 Å². The predicted octanol–water partition coefficient (Wildman–Crippen LogP) is 4.19. The second kappa shape index (κ2) is 7.57. The molecular formula is C18H12F6N4O. The molecule has 152 valence electrons. The minimum absolute atomic E-state index is 0.133. The molecule has 0 spiro atoms. The highest BCUT2D eigenvalue weighted by Gasteiger charge is 2.42. The highest BCUT2D eigenvalue weighted by molar-refractivity contribution is 5.93. The van der Waals surface area contributed by atoms with Crippen molar-refractivity contribution in [2.24, 2.45) is 0 Å². The van der Waals surface area contributed by atoms with Crippen LogP contribution in [0, 0.1) is 17.5 Å². The van der Waals surface area contributed by atoms with Crippen LogP contribution in [-0.2, 0) is 6.18 Å². The van der Waals surface area contributed by atoms with Crippen LogP contribution in [0.15, 0.2) is 42.5 Å². The fourth-order valence-corrected chi connectivity index (χ4v) is 2.67. The van der Waals surface area contributed by atoms with Crippen LogP contribution in [-0.4, -0.2) is 20.9 Å². The van der Waals surface area contributed by atoms with Crippen LogP contribution >= 0.6 is 0 Å². The largest absolute Gasteiger partial charge is 0.435 e. The Morgan fingerprint density at radius 1 is 1.07 bits per heavy atom. The molecule has 29 heavy (non-hydrogen) atoms. The molecule has 0 bridgehead atoms. The molecule has 5 nitrogen and oxygen atoms in total. The number of halogens is 6. The van der Waals surface area contributed by atoms with Crippen molar-refractivity contribution < 1.29 is 31.1 Å². The molecule has 11 heteroatoms. The van der Waals surface area contributed by atoms with Crippen LogP contribution in [0.3, 0.4) is 0 Å². The molecule has 0 fully saturated rings. The highest BCUT2D eigenvalue weighted by Crippen LogP contribution is 2.33. The maximum absolute atomic E-state index is 13.8. The molecule has 1 unspecified atom stereocenters. The molecule has 0 aliphatic carbocycles. The third-order valence-corrected chi connectivity index (χ3v) is 3.98. The van der Waals surface area contributed by atoms with Crippen molar-refractivity contribution in [1.82, 2.24) is 20.3 Å². The molecule has 3 aromatic rings. The Bertz CT molecular complexity index is 1060. The molecular weight excluding hydrogens is 402 g/mol. The number of amides is 1. The Morgan fingerprint density at radius 2 is 1.76 bits per heavy atom. The number of rotatable bonds is 4. The third kappa shape index (κ3) is 4.23. The number of carbonyl (C=O) groups excluding carboxylic acids is 1. The summed E-state index contributed by atoms with van der Waals surface area (Å²) in [7, 11) is 0. The summed E-state index contributed by atoms with van der Waals surface area (Å²) in [6, 6.07) is 5.65. The minimum Gasteiger partial charge on any atom is -0.344 e. The van der Waals surface area contributed by atoms with Crippen molar-refractivity contribution in [1.29, 1.82) is 0 Å². The monoisotopic (exact) mass is 414 g/mol. The van der Waals surface area contributed by atoms with Crippen molar-refractivity contribution in [3.05, 3.63) is 76.9 Å². The average Bonchev–Trinajstić information content (AvgIpc) is 3.07. The van der Waals surface area contributed by atoms with Crippen molar-refractivity contribution >= 4 is 5.91 Å². The van der Waals surface area contributed by atoms with Gasteiger partial charge in [-0.1, -0.05) is 17.3 Å². The van der Waals surface area contributed by atoms with Gasteiger partial charge in [-0.3, -0.25) is 4.79 Å². The fourth-order valence-electron chi connectivity index (χ4n) is 2.67. The van der Waals surface area contributed by atoms with Gasteiger partial charge in [0.1, 0.15) is 17.5 Å². The van der Waals surface area contributed by atoms with Crippen LogP contribution in [0.5, 0.6) is 0 Å². The van der Waals surface area contributed by atoms with E-state index >= 15 is 0 Å². The van der Waals surface area contributed by atoms with E-state index in [0.29, 0.717) is 10.7 Å². The molecule has 0 aliphatic heterocycles. The van der Waals surface area contributed by atoms with E-state index in [2.05, 4.69) is 15.6 Å². The summed E-state index contributed by atoms with van der Waals surface area (Å²) in [6.45, 7) is 1.30. The zero-order valence-electron chi connectivity index (χ0n) is 14.6. The van der Waals surface area contributed by atoms with Crippen LogP contribution < -0.4 is 5.32 Å². The standard InChI is InChI=1S/C18H12F6N4O/c1-9(13-6-5-11(20)8-14(13)21)25-17(29)15-16(18(22,23)24)28(27-26-15)12-4-2-3-10(19)7-12/h2-9H,1H3,(H,25,29). The van der Waals surface area contributed by atoms with Crippen molar-refractivity contribution in [2.45, 2.75) is 19.1 Å². The summed E-state index contributed by atoms with van der Waals surface area (Å²) in [4.78, 5) is 12.4. The Kier molecular flexibility index (Phi) is 5.31. The first-order chi connectivity index (χ1) is 13.6. The van der Waals surface area contributed by atoms with E-state index in [1.54, 1.807) is 0 Å². The number of carbonyl (C=O) groups is 1. The van der Waals surface area contributed by atoms with Crippen molar-refractivity contribution in [3.8, 4) is 5.69 Å². The molecule has 1 heterocycles. The van der Waals surface area contributed by atoms with Gasteiger partial charge in [-0.25, -0.2) is 17.9 Å². The second-order valence-corrected chi connectivity index (χ2v) is 6.04. The lowest BCUT2D eigenvalue weighted by Crippen LogP contribution is -2.30. The first kappa shape index (κ1) is 20.4. The summed E-state index contributed by atoms with van der Waals surface area (Å²) < 4.78 is 81.3. The van der Waals surface area contributed by atoms with Gasteiger partial charge in [0.2, 0.25) is 0 Å². The highest BCUT2D eigenvalue weighted by atomic mass is 19.4. The van der Waals surface area contributed by atoms with Crippen LogP contribution in [0.25, 0.3) is 5.69 Å². The molecule has 2 aromatic carbocycles. The Hall–Kier alpha value is -3.37. The van der Waals surface area contributed by atoms with Gasteiger partial charge in [-0.2, -0.15) is 13.2 Å². The molecule has 1 aromatic heterocycles. The van der Waals surface area contributed by atoms with E-state index in [-0.39, 0.29) is 11.3 Å². The smallest absolute Gasteiger partial charge is 0.344 e. The molecule has 0 saturated heterocycles. The Labute approximate surface area is 160 Å². The molecule has 0 saturated carbocycles. The topological polar surface area (TPSA) is 59.8 Å². The third-order valence-electron chi connectivity index (χ3n) is 3.98. The molecule has 3 rings (SSSR count). The number of nitrogens with one attached hydrogen (secondary N) is 1. The van der Waals surface area contributed by atoms with Gasteiger partial charge in [-0.05, 0) is 31.2 Å². The summed E-state index contributed by atoms with van der Waals surface area (Å²) in [5, 5.41) is 8.77. The lowest BCUT2D eigenvalue weighted by atomic mass is 10.1.